The summed E-state index contributed by atoms with van der Waals surface area (Å²) in [4.78, 5) is 4.48. The molecule has 0 aromatic carbocycles. The fraction of sp³-hybridized carbons (Fsp3) is 0.692. The first-order valence-corrected chi connectivity index (χ1v) is 6.75. The van der Waals surface area contributed by atoms with Crippen molar-refractivity contribution in [3.8, 4) is 0 Å². The fourth-order valence-corrected chi connectivity index (χ4v) is 2.49. The van der Waals surface area contributed by atoms with Crippen molar-refractivity contribution in [3.05, 3.63) is 5.69 Å². The number of methoxy groups -OCH3 is 1. The predicted octanol–water partition coefficient (Wildman–Crippen LogP) is 1.59. The zero-order valence-electron chi connectivity index (χ0n) is 12.2. The van der Waals surface area contributed by atoms with E-state index in [4.69, 9.17) is 10.5 Å². The highest BCUT2D eigenvalue weighted by molar-refractivity contribution is 5.77. The molecule has 0 spiro atoms. The highest BCUT2D eigenvalue weighted by Gasteiger charge is 2.18. The van der Waals surface area contributed by atoms with Gasteiger partial charge in [-0.2, -0.15) is 5.10 Å². The van der Waals surface area contributed by atoms with Gasteiger partial charge in [-0.15, -0.1) is 0 Å². The lowest BCUT2D eigenvalue weighted by atomic mass is 10.2. The number of ether oxygens (including phenoxy) is 1. The standard InChI is InChI=1S/C13H23N5O/c1-5-6-10-11-12(17(3)16-10)18(13(14)15-11)7-9(2)8-19-4/h9H,5-8H2,1-4H3,(H2,14,15). The second kappa shape index (κ2) is 5.61. The van der Waals surface area contributed by atoms with Gasteiger partial charge >= 0.3 is 0 Å². The van der Waals surface area contributed by atoms with Gasteiger partial charge < -0.3 is 10.5 Å². The molecule has 2 aromatic heterocycles. The van der Waals surface area contributed by atoms with Crippen molar-refractivity contribution in [2.24, 2.45) is 13.0 Å². The van der Waals surface area contributed by atoms with Crippen LogP contribution in [0.5, 0.6) is 0 Å². The van der Waals surface area contributed by atoms with Crippen LogP contribution in [0.3, 0.4) is 0 Å². The second-order valence-corrected chi connectivity index (χ2v) is 5.13. The van der Waals surface area contributed by atoms with Crippen molar-refractivity contribution in [1.82, 2.24) is 19.3 Å². The Labute approximate surface area is 113 Å². The third kappa shape index (κ3) is 2.58. The van der Waals surface area contributed by atoms with Crippen LogP contribution in [0.25, 0.3) is 11.2 Å². The Balaban J connectivity index is 2.40. The molecule has 0 saturated carbocycles. The molecule has 0 bridgehead atoms. The number of aryl methyl sites for hydroxylation is 2. The molecule has 0 saturated heterocycles. The van der Waals surface area contributed by atoms with Gasteiger partial charge in [0.15, 0.2) is 5.65 Å². The first kappa shape index (κ1) is 13.9. The van der Waals surface area contributed by atoms with Crippen LogP contribution >= 0.6 is 0 Å². The van der Waals surface area contributed by atoms with Gasteiger partial charge in [-0.1, -0.05) is 20.3 Å². The third-order valence-corrected chi connectivity index (χ3v) is 3.25. The number of aromatic nitrogens is 4. The number of anilines is 1. The molecule has 1 atom stereocenters. The molecule has 1 unspecified atom stereocenters. The molecule has 6 heteroatoms. The minimum absolute atomic E-state index is 0.384. The summed E-state index contributed by atoms with van der Waals surface area (Å²) in [5, 5.41) is 4.54. The maximum absolute atomic E-state index is 6.05. The van der Waals surface area contributed by atoms with E-state index in [-0.39, 0.29) is 0 Å². The first-order valence-electron chi connectivity index (χ1n) is 6.75. The average molecular weight is 265 g/mol. The molecule has 2 aromatic rings. The van der Waals surface area contributed by atoms with Crippen molar-refractivity contribution in [3.63, 3.8) is 0 Å². The van der Waals surface area contributed by atoms with Gasteiger partial charge in [0.2, 0.25) is 5.95 Å². The Morgan fingerprint density at radius 3 is 2.79 bits per heavy atom. The van der Waals surface area contributed by atoms with Crippen molar-refractivity contribution in [1.29, 1.82) is 0 Å². The molecule has 0 aliphatic carbocycles. The number of nitrogens with zero attached hydrogens (tertiary/aromatic N) is 4. The van der Waals surface area contributed by atoms with E-state index in [0.29, 0.717) is 18.5 Å². The minimum Gasteiger partial charge on any atom is -0.384 e. The van der Waals surface area contributed by atoms with E-state index >= 15 is 0 Å². The first-order chi connectivity index (χ1) is 9.08. The van der Waals surface area contributed by atoms with Gasteiger partial charge in [-0.3, -0.25) is 9.25 Å². The number of hydrogen-bond acceptors (Lipinski definition) is 4. The average Bonchev–Trinajstić information content (AvgIpc) is 2.81. The fourth-order valence-electron chi connectivity index (χ4n) is 2.49. The van der Waals surface area contributed by atoms with E-state index in [1.165, 1.54) is 0 Å². The number of nitrogen functional groups attached to an aromatic ring is 1. The molecule has 0 aliphatic heterocycles. The number of rotatable bonds is 6. The number of imidazole rings is 1. The maximum atomic E-state index is 6.05. The molecule has 6 nitrogen and oxygen atoms in total. The SMILES string of the molecule is CCCc1nn(C)c2c1nc(N)n2CC(C)COC. The number of nitrogens with two attached hydrogens (primary N) is 1. The van der Waals surface area contributed by atoms with E-state index < -0.39 is 0 Å². The summed E-state index contributed by atoms with van der Waals surface area (Å²) in [7, 11) is 3.66. The van der Waals surface area contributed by atoms with Gasteiger partial charge in [-0.25, -0.2) is 4.98 Å². The predicted molar refractivity (Wildman–Crippen MR) is 75.9 cm³/mol. The second-order valence-electron chi connectivity index (χ2n) is 5.13. The minimum atomic E-state index is 0.384. The van der Waals surface area contributed by atoms with Crippen LogP contribution in [0.4, 0.5) is 5.95 Å². The van der Waals surface area contributed by atoms with Crippen LogP contribution in [0.1, 0.15) is 26.0 Å². The zero-order chi connectivity index (χ0) is 14.0. The third-order valence-electron chi connectivity index (χ3n) is 3.25. The van der Waals surface area contributed by atoms with E-state index in [0.717, 1.165) is 36.2 Å². The smallest absolute Gasteiger partial charge is 0.202 e. The van der Waals surface area contributed by atoms with Crippen molar-refractivity contribution >= 4 is 17.1 Å². The Kier molecular flexibility index (Phi) is 4.09. The lowest BCUT2D eigenvalue weighted by Gasteiger charge is -2.13. The van der Waals surface area contributed by atoms with Crippen LogP contribution in [-0.4, -0.2) is 33.0 Å². The molecular weight excluding hydrogens is 242 g/mol. The summed E-state index contributed by atoms with van der Waals surface area (Å²) >= 11 is 0. The highest BCUT2D eigenvalue weighted by atomic mass is 16.5. The van der Waals surface area contributed by atoms with Crippen molar-refractivity contribution in [2.75, 3.05) is 19.5 Å². The van der Waals surface area contributed by atoms with E-state index in [1.54, 1.807) is 7.11 Å². The van der Waals surface area contributed by atoms with Gasteiger partial charge in [-0.05, 0) is 12.3 Å². The van der Waals surface area contributed by atoms with Crippen molar-refractivity contribution in [2.45, 2.75) is 33.2 Å². The van der Waals surface area contributed by atoms with E-state index in [1.807, 2.05) is 16.3 Å². The van der Waals surface area contributed by atoms with Gasteiger partial charge in [0, 0.05) is 20.7 Å². The van der Waals surface area contributed by atoms with Crippen LogP contribution in [0.2, 0.25) is 0 Å². The topological polar surface area (TPSA) is 70.9 Å². The van der Waals surface area contributed by atoms with Gasteiger partial charge in [0.05, 0.1) is 12.3 Å². The number of fused-ring (bicyclic) bond motifs is 1. The van der Waals surface area contributed by atoms with Crippen LogP contribution in [-0.2, 0) is 24.8 Å². The van der Waals surface area contributed by atoms with E-state index in [9.17, 15) is 0 Å². The molecule has 2 rings (SSSR count). The Morgan fingerprint density at radius 2 is 2.16 bits per heavy atom. The molecule has 106 valence electrons. The van der Waals surface area contributed by atoms with Crippen LogP contribution in [0.15, 0.2) is 0 Å². The molecule has 0 aliphatic rings. The molecule has 2 N–H and O–H groups in total. The zero-order valence-corrected chi connectivity index (χ0v) is 12.2. The van der Waals surface area contributed by atoms with Crippen LogP contribution < -0.4 is 5.73 Å². The molecular formula is C13H23N5O. The Hall–Kier alpha value is -1.56. The Morgan fingerprint density at radius 1 is 1.42 bits per heavy atom. The summed E-state index contributed by atoms with van der Waals surface area (Å²) in [6.07, 6.45) is 1.99. The van der Waals surface area contributed by atoms with Crippen molar-refractivity contribution < 1.29 is 4.74 Å². The molecule has 2 heterocycles. The lowest BCUT2D eigenvalue weighted by molar-refractivity contribution is 0.152. The monoisotopic (exact) mass is 265 g/mol. The Bertz CT molecular complexity index is 557. The number of hydrogen-bond donors (Lipinski definition) is 1. The molecule has 19 heavy (non-hydrogen) atoms. The largest absolute Gasteiger partial charge is 0.384 e. The lowest BCUT2D eigenvalue weighted by Crippen LogP contribution is -2.15. The quantitative estimate of drug-likeness (QED) is 0.861. The van der Waals surface area contributed by atoms with Gasteiger partial charge in [0.25, 0.3) is 0 Å². The molecule has 0 radical (unpaired) electrons. The highest BCUT2D eigenvalue weighted by Crippen LogP contribution is 2.23. The summed E-state index contributed by atoms with van der Waals surface area (Å²) in [5.41, 5.74) is 9.02. The molecule has 0 fully saturated rings. The molecule has 0 amide bonds. The van der Waals surface area contributed by atoms with E-state index in [2.05, 4.69) is 23.9 Å². The van der Waals surface area contributed by atoms with Crippen LogP contribution in [0, 0.1) is 5.92 Å². The summed E-state index contributed by atoms with van der Waals surface area (Å²) in [6, 6.07) is 0. The van der Waals surface area contributed by atoms with Gasteiger partial charge in [0.1, 0.15) is 5.52 Å². The normalized spacial score (nSPS) is 13.3. The summed E-state index contributed by atoms with van der Waals surface area (Å²) < 4.78 is 9.09. The summed E-state index contributed by atoms with van der Waals surface area (Å²) in [6.45, 7) is 5.78. The maximum Gasteiger partial charge on any atom is 0.202 e. The summed E-state index contributed by atoms with van der Waals surface area (Å²) in [5.74, 6) is 0.942.